The SMILES string of the molecule is CC(C)(C)OCCOC(=O)COCCN. The predicted molar refractivity (Wildman–Crippen MR) is 56.5 cm³/mol. The predicted octanol–water partition coefficient (Wildman–Crippen LogP) is 0.320. The molecule has 0 bridgehead atoms. The van der Waals surface area contributed by atoms with E-state index in [1.54, 1.807) is 0 Å². The largest absolute Gasteiger partial charge is 0.462 e. The van der Waals surface area contributed by atoms with Gasteiger partial charge in [0.15, 0.2) is 0 Å². The minimum Gasteiger partial charge on any atom is -0.462 e. The van der Waals surface area contributed by atoms with E-state index in [0.29, 0.717) is 19.8 Å². The van der Waals surface area contributed by atoms with Crippen molar-refractivity contribution in [1.29, 1.82) is 0 Å². The van der Waals surface area contributed by atoms with Gasteiger partial charge in [0, 0.05) is 6.54 Å². The van der Waals surface area contributed by atoms with Gasteiger partial charge < -0.3 is 19.9 Å². The number of ether oxygens (including phenoxy) is 3. The van der Waals surface area contributed by atoms with Crippen LogP contribution in [-0.2, 0) is 19.0 Å². The summed E-state index contributed by atoms with van der Waals surface area (Å²) in [6, 6.07) is 0. The summed E-state index contributed by atoms with van der Waals surface area (Å²) in [5, 5.41) is 0. The second-order valence-corrected chi connectivity index (χ2v) is 4.02. The van der Waals surface area contributed by atoms with E-state index in [-0.39, 0.29) is 24.8 Å². The smallest absolute Gasteiger partial charge is 0.332 e. The van der Waals surface area contributed by atoms with Gasteiger partial charge in [0.2, 0.25) is 0 Å². The minimum atomic E-state index is -0.388. The van der Waals surface area contributed by atoms with Crippen LogP contribution in [0.1, 0.15) is 20.8 Å². The maximum atomic E-state index is 11.0. The monoisotopic (exact) mass is 219 g/mol. The molecule has 0 saturated heterocycles. The molecule has 0 aromatic carbocycles. The van der Waals surface area contributed by atoms with Crippen molar-refractivity contribution >= 4 is 5.97 Å². The lowest BCUT2D eigenvalue weighted by Crippen LogP contribution is -2.24. The lowest BCUT2D eigenvalue weighted by atomic mass is 10.2. The van der Waals surface area contributed by atoms with Crippen molar-refractivity contribution in [2.75, 3.05) is 33.0 Å². The number of nitrogens with two attached hydrogens (primary N) is 1. The summed E-state index contributed by atoms with van der Waals surface area (Å²) < 4.78 is 15.1. The number of hydrogen-bond acceptors (Lipinski definition) is 5. The highest BCUT2D eigenvalue weighted by atomic mass is 16.6. The maximum Gasteiger partial charge on any atom is 0.332 e. The van der Waals surface area contributed by atoms with Crippen LogP contribution < -0.4 is 5.73 Å². The van der Waals surface area contributed by atoms with Crippen LogP contribution in [0.5, 0.6) is 0 Å². The van der Waals surface area contributed by atoms with Gasteiger partial charge in [-0.3, -0.25) is 0 Å². The Morgan fingerprint density at radius 3 is 2.40 bits per heavy atom. The van der Waals surface area contributed by atoms with E-state index in [1.807, 2.05) is 20.8 Å². The Morgan fingerprint density at radius 1 is 1.20 bits per heavy atom. The van der Waals surface area contributed by atoms with Crippen molar-refractivity contribution in [3.05, 3.63) is 0 Å². The fourth-order valence-electron chi connectivity index (χ4n) is 0.784. The van der Waals surface area contributed by atoms with Crippen LogP contribution in [0, 0.1) is 0 Å². The fourth-order valence-corrected chi connectivity index (χ4v) is 0.784. The van der Waals surface area contributed by atoms with Crippen molar-refractivity contribution in [1.82, 2.24) is 0 Å². The third kappa shape index (κ3) is 11.3. The Hall–Kier alpha value is -0.650. The third-order valence-electron chi connectivity index (χ3n) is 1.36. The summed E-state index contributed by atoms with van der Waals surface area (Å²) in [6.45, 7) is 7.20. The van der Waals surface area contributed by atoms with Crippen LogP contribution in [0.25, 0.3) is 0 Å². The summed E-state index contributed by atoms with van der Waals surface area (Å²) in [5.74, 6) is -0.388. The molecule has 90 valence electrons. The lowest BCUT2D eigenvalue weighted by Gasteiger charge is -2.19. The summed E-state index contributed by atoms with van der Waals surface area (Å²) >= 11 is 0. The van der Waals surface area contributed by atoms with E-state index in [0.717, 1.165) is 0 Å². The first-order valence-electron chi connectivity index (χ1n) is 5.03. The van der Waals surface area contributed by atoms with Crippen molar-refractivity contribution in [3.63, 3.8) is 0 Å². The fraction of sp³-hybridized carbons (Fsp3) is 0.900. The molecule has 0 saturated carbocycles. The summed E-state index contributed by atoms with van der Waals surface area (Å²) in [5.41, 5.74) is 4.98. The summed E-state index contributed by atoms with van der Waals surface area (Å²) in [4.78, 5) is 11.0. The third-order valence-corrected chi connectivity index (χ3v) is 1.36. The maximum absolute atomic E-state index is 11.0. The number of esters is 1. The molecule has 0 aliphatic heterocycles. The molecule has 0 heterocycles. The summed E-state index contributed by atoms with van der Waals surface area (Å²) in [7, 11) is 0. The first-order chi connectivity index (χ1) is 6.95. The molecule has 15 heavy (non-hydrogen) atoms. The van der Waals surface area contributed by atoms with Gasteiger partial charge in [-0.05, 0) is 20.8 Å². The highest BCUT2D eigenvalue weighted by Crippen LogP contribution is 2.05. The Labute approximate surface area is 90.9 Å². The molecule has 0 rings (SSSR count). The van der Waals surface area contributed by atoms with Gasteiger partial charge in [0.1, 0.15) is 13.2 Å². The van der Waals surface area contributed by atoms with Crippen LogP contribution in [-0.4, -0.2) is 44.5 Å². The number of rotatable bonds is 7. The van der Waals surface area contributed by atoms with Gasteiger partial charge in [-0.1, -0.05) is 0 Å². The molecule has 0 aromatic rings. The van der Waals surface area contributed by atoms with Crippen LogP contribution >= 0.6 is 0 Å². The topological polar surface area (TPSA) is 70.8 Å². The van der Waals surface area contributed by atoms with E-state index in [4.69, 9.17) is 19.9 Å². The average Bonchev–Trinajstić information content (AvgIpc) is 2.11. The first-order valence-corrected chi connectivity index (χ1v) is 5.03. The molecule has 0 unspecified atom stereocenters. The number of carbonyl (C=O) groups excluding carboxylic acids is 1. The van der Waals surface area contributed by atoms with E-state index in [1.165, 1.54) is 0 Å². The van der Waals surface area contributed by atoms with E-state index >= 15 is 0 Å². The quantitative estimate of drug-likeness (QED) is 0.493. The van der Waals surface area contributed by atoms with Crippen LogP contribution in [0.4, 0.5) is 0 Å². The van der Waals surface area contributed by atoms with Crippen LogP contribution in [0.2, 0.25) is 0 Å². The number of hydrogen-bond donors (Lipinski definition) is 1. The van der Waals surface area contributed by atoms with Crippen molar-refractivity contribution in [3.8, 4) is 0 Å². The minimum absolute atomic E-state index is 0.0489. The zero-order chi connectivity index (χ0) is 11.7. The molecule has 0 amide bonds. The Bertz CT molecular complexity index is 177. The van der Waals surface area contributed by atoms with Gasteiger partial charge >= 0.3 is 5.97 Å². The highest BCUT2D eigenvalue weighted by molar-refractivity contribution is 5.70. The van der Waals surface area contributed by atoms with Crippen molar-refractivity contribution in [2.24, 2.45) is 5.73 Å². The normalized spacial score (nSPS) is 11.5. The molecule has 0 atom stereocenters. The molecule has 5 heteroatoms. The van der Waals surface area contributed by atoms with Gasteiger partial charge in [0.05, 0.1) is 18.8 Å². The van der Waals surface area contributed by atoms with E-state index in [2.05, 4.69) is 0 Å². The van der Waals surface area contributed by atoms with Gasteiger partial charge in [0.25, 0.3) is 0 Å². The van der Waals surface area contributed by atoms with E-state index in [9.17, 15) is 4.79 Å². The molecule has 0 aliphatic carbocycles. The Morgan fingerprint density at radius 2 is 1.87 bits per heavy atom. The van der Waals surface area contributed by atoms with Crippen LogP contribution in [0.3, 0.4) is 0 Å². The van der Waals surface area contributed by atoms with Crippen LogP contribution in [0.15, 0.2) is 0 Å². The van der Waals surface area contributed by atoms with Crippen molar-refractivity contribution < 1.29 is 19.0 Å². The standard InChI is InChI=1S/C10H21NO4/c1-10(2,3)15-7-6-14-9(12)8-13-5-4-11/h4-8,11H2,1-3H3. The van der Waals surface area contributed by atoms with E-state index < -0.39 is 0 Å². The Balaban J connectivity index is 3.32. The van der Waals surface area contributed by atoms with Gasteiger partial charge in [-0.2, -0.15) is 0 Å². The molecule has 0 radical (unpaired) electrons. The molecule has 0 fully saturated rings. The van der Waals surface area contributed by atoms with Gasteiger partial charge in [-0.15, -0.1) is 0 Å². The average molecular weight is 219 g/mol. The zero-order valence-electron chi connectivity index (χ0n) is 9.75. The zero-order valence-corrected chi connectivity index (χ0v) is 9.75. The molecule has 0 aromatic heterocycles. The molecular formula is C10H21NO4. The van der Waals surface area contributed by atoms with Gasteiger partial charge in [-0.25, -0.2) is 4.79 Å². The first kappa shape index (κ1) is 14.3. The molecular weight excluding hydrogens is 198 g/mol. The van der Waals surface area contributed by atoms with Crippen molar-refractivity contribution in [2.45, 2.75) is 26.4 Å². The molecule has 0 aliphatic rings. The molecule has 2 N–H and O–H groups in total. The number of carbonyl (C=O) groups is 1. The second kappa shape index (κ2) is 7.62. The summed E-state index contributed by atoms with van der Waals surface area (Å²) in [6.07, 6.45) is 0. The Kier molecular flexibility index (Phi) is 7.29. The molecule has 5 nitrogen and oxygen atoms in total. The molecule has 0 spiro atoms. The second-order valence-electron chi connectivity index (χ2n) is 4.02. The lowest BCUT2D eigenvalue weighted by molar-refractivity contribution is -0.151. The highest BCUT2D eigenvalue weighted by Gasteiger charge is 2.10.